The highest BCUT2D eigenvalue weighted by atomic mass is 32.2. The number of hydrogen-bond donors (Lipinski definition) is 1. The van der Waals surface area contributed by atoms with Gasteiger partial charge in [0.05, 0.1) is 5.75 Å². The van der Waals surface area contributed by atoms with Gasteiger partial charge in [0, 0.05) is 31.5 Å². The van der Waals surface area contributed by atoms with Crippen LogP contribution in [0.25, 0.3) is 11.4 Å². The van der Waals surface area contributed by atoms with Crippen molar-refractivity contribution in [1.82, 2.24) is 15.0 Å². The molecule has 26 heavy (non-hydrogen) atoms. The summed E-state index contributed by atoms with van der Waals surface area (Å²) >= 11 is 0. The zero-order valence-electron chi connectivity index (χ0n) is 14.6. The van der Waals surface area contributed by atoms with Crippen LogP contribution in [-0.2, 0) is 21.2 Å². The van der Waals surface area contributed by atoms with E-state index in [2.05, 4.69) is 10.1 Å². The number of nitrogens with zero attached hydrogens (tertiary/aromatic N) is 3. The first-order chi connectivity index (χ1) is 12.3. The highest BCUT2D eigenvalue weighted by Crippen LogP contribution is 2.20. The maximum absolute atomic E-state index is 12.3. The molecule has 9 heteroatoms. The molecule has 0 radical (unpaired) electrons. The molecule has 3 rings (SSSR count). The number of amides is 1. The Labute approximate surface area is 152 Å². The van der Waals surface area contributed by atoms with E-state index in [0.29, 0.717) is 37.6 Å². The molecule has 1 aromatic heterocycles. The van der Waals surface area contributed by atoms with Crippen molar-refractivity contribution in [3.05, 3.63) is 35.7 Å². The highest BCUT2D eigenvalue weighted by molar-refractivity contribution is 7.89. The van der Waals surface area contributed by atoms with Gasteiger partial charge in [-0.15, -0.1) is 0 Å². The maximum Gasteiger partial charge on any atom is 0.227 e. The van der Waals surface area contributed by atoms with E-state index in [1.54, 1.807) is 4.90 Å². The molecule has 2 heterocycles. The first kappa shape index (κ1) is 18.5. The second-order valence-electron chi connectivity index (χ2n) is 6.71. The number of benzene rings is 1. The average molecular weight is 378 g/mol. The Morgan fingerprint density at radius 3 is 2.96 bits per heavy atom. The number of hydrogen-bond acceptors (Lipinski definition) is 6. The number of sulfonamides is 1. The third-order valence-corrected chi connectivity index (χ3v) is 5.34. The molecule has 8 nitrogen and oxygen atoms in total. The van der Waals surface area contributed by atoms with Gasteiger partial charge in [0.2, 0.25) is 27.6 Å². The third kappa shape index (κ3) is 4.89. The minimum absolute atomic E-state index is 0.0442. The van der Waals surface area contributed by atoms with Crippen LogP contribution >= 0.6 is 0 Å². The number of likely N-dealkylation sites (tertiary alicyclic amines) is 1. The lowest BCUT2D eigenvalue weighted by Crippen LogP contribution is -2.31. The first-order valence-electron chi connectivity index (χ1n) is 8.48. The van der Waals surface area contributed by atoms with Gasteiger partial charge >= 0.3 is 0 Å². The number of rotatable bonds is 6. The van der Waals surface area contributed by atoms with Gasteiger partial charge in [0.1, 0.15) is 0 Å². The summed E-state index contributed by atoms with van der Waals surface area (Å²) < 4.78 is 27.6. The molecule has 1 saturated heterocycles. The molecule has 1 fully saturated rings. The maximum atomic E-state index is 12.3. The molecule has 1 aromatic carbocycles. The number of aromatic nitrogens is 2. The summed E-state index contributed by atoms with van der Waals surface area (Å²) in [6.07, 6.45) is 1.26. The minimum atomic E-state index is -3.51. The zero-order chi connectivity index (χ0) is 18.7. The minimum Gasteiger partial charge on any atom is -0.342 e. The Hall–Kier alpha value is -2.26. The lowest BCUT2D eigenvalue weighted by atomic mass is 10.1. The molecule has 1 atom stereocenters. The monoisotopic (exact) mass is 378 g/mol. The van der Waals surface area contributed by atoms with Crippen molar-refractivity contribution in [2.75, 3.05) is 18.8 Å². The fourth-order valence-corrected chi connectivity index (χ4v) is 4.08. The van der Waals surface area contributed by atoms with E-state index in [9.17, 15) is 13.2 Å². The molecule has 1 amide bonds. The number of nitrogens with two attached hydrogens (primary N) is 1. The summed E-state index contributed by atoms with van der Waals surface area (Å²) in [7, 11) is -3.51. The molecule has 0 spiro atoms. The Bertz CT molecular complexity index is 894. The Morgan fingerprint density at radius 2 is 2.23 bits per heavy atom. The lowest BCUT2D eigenvalue weighted by Gasteiger charge is -2.15. The predicted octanol–water partition coefficient (Wildman–Crippen LogP) is 1.11. The standard InChI is InChI=1S/C17H22N4O4S/c1-12-3-2-4-14(9-12)17-19-15(25-20-17)5-6-16(22)21-8-7-13(10-21)11-26(18,23)24/h2-4,9,13H,5-8,10-11H2,1H3,(H2,18,23,24). The summed E-state index contributed by atoms with van der Waals surface area (Å²) in [5.41, 5.74) is 1.98. The molecular weight excluding hydrogens is 356 g/mol. The van der Waals surface area contributed by atoms with E-state index in [1.807, 2.05) is 31.2 Å². The largest absolute Gasteiger partial charge is 0.342 e. The highest BCUT2D eigenvalue weighted by Gasteiger charge is 2.28. The second kappa shape index (κ2) is 7.55. The molecule has 1 aliphatic rings. The quantitative estimate of drug-likeness (QED) is 0.804. The van der Waals surface area contributed by atoms with Crippen LogP contribution in [0.1, 0.15) is 24.3 Å². The van der Waals surface area contributed by atoms with Crippen LogP contribution in [-0.4, -0.2) is 48.2 Å². The molecule has 2 N–H and O–H groups in total. The zero-order valence-corrected chi connectivity index (χ0v) is 15.4. The third-order valence-electron chi connectivity index (χ3n) is 4.40. The molecule has 2 aromatic rings. The van der Waals surface area contributed by atoms with E-state index in [4.69, 9.17) is 9.66 Å². The number of carbonyl (C=O) groups excluding carboxylic acids is 1. The fourth-order valence-electron chi connectivity index (χ4n) is 3.15. The molecule has 0 bridgehead atoms. The molecule has 0 aliphatic carbocycles. The Balaban J connectivity index is 1.53. The van der Waals surface area contributed by atoms with Crippen molar-refractivity contribution in [1.29, 1.82) is 0 Å². The van der Waals surface area contributed by atoms with Crippen molar-refractivity contribution >= 4 is 15.9 Å². The first-order valence-corrected chi connectivity index (χ1v) is 10.2. The SMILES string of the molecule is Cc1cccc(-c2noc(CCC(=O)N3CCC(CS(N)(=O)=O)C3)n2)c1. The van der Waals surface area contributed by atoms with Crippen LogP contribution in [0, 0.1) is 12.8 Å². The summed E-state index contributed by atoms with van der Waals surface area (Å²) in [6, 6.07) is 7.79. The van der Waals surface area contributed by atoms with Gasteiger partial charge in [-0.3, -0.25) is 4.79 Å². The van der Waals surface area contributed by atoms with Crippen LogP contribution in [0.2, 0.25) is 0 Å². The predicted molar refractivity (Wildman–Crippen MR) is 95.5 cm³/mol. The van der Waals surface area contributed by atoms with Crippen LogP contribution in [0.4, 0.5) is 0 Å². The van der Waals surface area contributed by atoms with Gasteiger partial charge < -0.3 is 9.42 Å². The number of aryl methyl sites for hydroxylation is 2. The smallest absolute Gasteiger partial charge is 0.227 e. The van der Waals surface area contributed by atoms with Gasteiger partial charge in [-0.1, -0.05) is 28.9 Å². The van der Waals surface area contributed by atoms with Crippen molar-refractivity contribution in [3.8, 4) is 11.4 Å². The van der Waals surface area contributed by atoms with Crippen molar-refractivity contribution in [2.24, 2.45) is 11.1 Å². The summed E-state index contributed by atoms with van der Waals surface area (Å²) in [5.74, 6) is 0.698. The van der Waals surface area contributed by atoms with Crippen molar-refractivity contribution in [2.45, 2.75) is 26.2 Å². The van der Waals surface area contributed by atoms with E-state index in [0.717, 1.165) is 11.1 Å². The fraction of sp³-hybridized carbons (Fsp3) is 0.471. The van der Waals surface area contributed by atoms with Crippen molar-refractivity contribution < 1.29 is 17.7 Å². The number of primary sulfonamides is 1. The Morgan fingerprint density at radius 1 is 1.42 bits per heavy atom. The topological polar surface area (TPSA) is 119 Å². The van der Waals surface area contributed by atoms with E-state index < -0.39 is 10.0 Å². The summed E-state index contributed by atoms with van der Waals surface area (Å²) in [4.78, 5) is 18.3. The van der Waals surface area contributed by atoms with Crippen LogP contribution < -0.4 is 5.14 Å². The van der Waals surface area contributed by atoms with E-state index >= 15 is 0 Å². The van der Waals surface area contributed by atoms with Gasteiger partial charge in [0.15, 0.2) is 0 Å². The second-order valence-corrected chi connectivity index (χ2v) is 8.36. The van der Waals surface area contributed by atoms with Gasteiger partial charge in [-0.25, -0.2) is 13.6 Å². The molecule has 1 unspecified atom stereocenters. The molecular formula is C17H22N4O4S. The Kier molecular flexibility index (Phi) is 5.38. The number of carbonyl (C=O) groups is 1. The molecule has 0 saturated carbocycles. The lowest BCUT2D eigenvalue weighted by molar-refractivity contribution is -0.130. The average Bonchev–Trinajstić information content (AvgIpc) is 3.20. The molecule has 140 valence electrons. The summed E-state index contributed by atoms with van der Waals surface area (Å²) in [6.45, 7) is 2.97. The van der Waals surface area contributed by atoms with E-state index in [1.165, 1.54) is 0 Å². The van der Waals surface area contributed by atoms with Gasteiger partial charge in [-0.2, -0.15) is 4.98 Å². The molecule has 1 aliphatic heterocycles. The van der Waals surface area contributed by atoms with E-state index in [-0.39, 0.29) is 24.0 Å². The van der Waals surface area contributed by atoms with Crippen LogP contribution in [0.3, 0.4) is 0 Å². The summed E-state index contributed by atoms with van der Waals surface area (Å²) in [5, 5.41) is 9.04. The normalized spacial score (nSPS) is 17.6. The van der Waals surface area contributed by atoms with Gasteiger partial charge in [0.25, 0.3) is 0 Å². The van der Waals surface area contributed by atoms with Crippen LogP contribution in [0.5, 0.6) is 0 Å². The van der Waals surface area contributed by atoms with Crippen molar-refractivity contribution in [3.63, 3.8) is 0 Å². The van der Waals surface area contributed by atoms with Crippen LogP contribution in [0.15, 0.2) is 28.8 Å². The van der Waals surface area contributed by atoms with Gasteiger partial charge in [-0.05, 0) is 25.3 Å².